The summed E-state index contributed by atoms with van der Waals surface area (Å²) in [6.07, 6.45) is 1.01. The van der Waals surface area contributed by atoms with Crippen molar-refractivity contribution in [3.05, 3.63) is 11.4 Å². The minimum Gasteiger partial charge on any atom is -0.469 e. The zero-order chi connectivity index (χ0) is 12.8. The molecule has 0 aliphatic carbocycles. The third-order valence-electron chi connectivity index (χ3n) is 2.40. The van der Waals surface area contributed by atoms with Gasteiger partial charge in [0.15, 0.2) is 0 Å². The number of nitrogens with two attached hydrogens (primary N) is 1. The van der Waals surface area contributed by atoms with Gasteiger partial charge in [-0.3, -0.25) is 4.79 Å². The van der Waals surface area contributed by atoms with Crippen LogP contribution in [0.1, 0.15) is 24.7 Å². The Balaban J connectivity index is 2.69. The summed E-state index contributed by atoms with van der Waals surface area (Å²) in [5, 5.41) is 3.06. The van der Waals surface area contributed by atoms with Gasteiger partial charge in [-0.1, -0.05) is 6.92 Å². The first kappa shape index (κ1) is 13.2. The highest BCUT2D eigenvalue weighted by Crippen LogP contribution is 2.17. The minimum atomic E-state index is -0.257. The number of nitrogens with zero attached hydrogens (tertiary/aromatic N) is 2. The number of carbonyl (C=O) groups is 1. The number of aryl methyl sites for hydroxylation is 1. The second-order valence-electron chi connectivity index (χ2n) is 3.61. The van der Waals surface area contributed by atoms with Gasteiger partial charge in [0, 0.05) is 18.5 Å². The summed E-state index contributed by atoms with van der Waals surface area (Å²) in [4.78, 5) is 19.4. The van der Waals surface area contributed by atoms with Gasteiger partial charge in [-0.25, -0.2) is 9.97 Å². The molecule has 0 bridgehead atoms. The van der Waals surface area contributed by atoms with Crippen molar-refractivity contribution in [2.45, 2.75) is 26.7 Å². The first-order valence-corrected chi connectivity index (χ1v) is 5.52. The van der Waals surface area contributed by atoms with Crippen LogP contribution in [0.3, 0.4) is 0 Å². The van der Waals surface area contributed by atoms with Crippen molar-refractivity contribution in [3.8, 4) is 0 Å². The SMILES string of the molecule is CCc1nc(N)c(C)c(NCCC(=O)OC)n1. The van der Waals surface area contributed by atoms with Crippen LogP contribution in [0.2, 0.25) is 0 Å². The van der Waals surface area contributed by atoms with Gasteiger partial charge in [-0.15, -0.1) is 0 Å². The van der Waals surface area contributed by atoms with E-state index in [1.54, 1.807) is 0 Å². The average molecular weight is 238 g/mol. The van der Waals surface area contributed by atoms with Crippen molar-refractivity contribution in [3.63, 3.8) is 0 Å². The number of ether oxygens (including phenoxy) is 1. The number of anilines is 2. The van der Waals surface area contributed by atoms with Gasteiger partial charge < -0.3 is 15.8 Å². The Morgan fingerprint density at radius 2 is 2.18 bits per heavy atom. The second-order valence-corrected chi connectivity index (χ2v) is 3.61. The molecule has 0 saturated carbocycles. The van der Waals surface area contributed by atoms with E-state index in [2.05, 4.69) is 20.0 Å². The summed E-state index contributed by atoms with van der Waals surface area (Å²) in [6, 6.07) is 0. The van der Waals surface area contributed by atoms with Crippen LogP contribution in [0, 0.1) is 6.92 Å². The van der Waals surface area contributed by atoms with E-state index >= 15 is 0 Å². The summed E-state index contributed by atoms with van der Waals surface area (Å²) in [5.41, 5.74) is 6.57. The number of methoxy groups -OCH3 is 1. The molecule has 0 atom stereocenters. The highest BCUT2D eigenvalue weighted by atomic mass is 16.5. The monoisotopic (exact) mass is 238 g/mol. The van der Waals surface area contributed by atoms with E-state index in [1.807, 2.05) is 13.8 Å². The van der Waals surface area contributed by atoms with E-state index in [4.69, 9.17) is 5.73 Å². The Bertz CT molecular complexity index is 407. The van der Waals surface area contributed by atoms with Gasteiger partial charge in [-0.05, 0) is 6.92 Å². The van der Waals surface area contributed by atoms with E-state index < -0.39 is 0 Å². The van der Waals surface area contributed by atoms with Gasteiger partial charge in [0.25, 0.3) is 0 Å². The first-order chi connectivity index (χ1) is 8.08. The first-order valence-electron chi connectivity index (χ1n) is 5.52. The molecule has 1 heterocycles. The number of esters is 1. The highest BCUT2D eigenvalue weighted by molar-refractivity contribution is 5.70. The quantitative estimate of drug-likeness (QED) is 0.741. The van der Waals surface area contributed by atoms with Gasteiger partial charge in [0.2, 0.25) is 0 Å². The third kappa shape index (κ3) is 3.58. The van der Waals surface area contributed by atoms with E-state index in [0.717, 1.165) is 12.0 Å². The number of rotatable bonds is 5. The van der Waals surface area contributed by atoms with E-state index in [1.165, 1.54) is 7.11 Å². The molecule has 0 radical (unpaired) electrons. The van der Waals surface area contributed by atoms with Crippen molar-refractivity contribution >= 4 is 17.6 Å². The van der Waals surface area contributed by atoms with Crippen molar-refractivity contribution in [2.75, 3.05) is 24.7 Å². The average Bonchev–Trinajstić information content (AvgIpc) is 2.33. The van der Waals surface area contributed by atoms with Gasteiger partial charge in [-0.2, -0.15) is 0 Å². The molecule has 6 heteroatoms. The van der Waals surface area contributed by atoms with Gasteiger partial charge in [0.05, 0.1) is 13.5 Å². The van der Waals surface area contributed by atoms with Crippen LogP contribution >= 0.6 is 0 Å². The maximum absolute atomic E-state index is 11.0. The molecule has 0 spiro atoms. The van der Waals surface area contributed by atoms with Crippen molar-refractivity contribution in [1.29, 1.82) is 0 Å². The Morgan fingerprint density at radius 3 is 2.76 bits per heavy atom. The summed E-state index contributed by atoms with van der Waals surface area (Å²) >= 11 is 0. The Hall–Kier alpha value is -1.85. The molecule has 0 amide bonds. The zero-order valence-corrected chi connectivity index (χ0v) is 10.4. The number of carbonyl (C=O) groups excluding carboxylic acids is 1. The lowest BCUT2D eigenvalue weighted by Gasteiger charge is -2.10. The molecule has 6 nitrogen and oxygen atoms in total. The Kier molecular flexibility index (Phi) is 4.68. The smallest absolute Gasteiger partial charge is 0.307 e. The molecular weight excluding hydrogens is 220 g/mol. The Morgan fingerprint density at radius 1 is 1.47 bits per heavy atom. The topological polar surface area (TPSA) is 90.1 Å². The predicted octanol–water partition coefficient (Wildman–Crippen LogP) is 0.905. The fourth-order valence-electron chi connectivity index (χ4n) is 1.30. The van der Waals surface area contributed by atoms with E-state index in [0.29, 0.717) is 30.4 Å². The number of hydrogen-bond acceptors (Lipinski definition) is 6. The van der Waals surface area contributed by atoms with Gasteiger partial charge in [0.1, 0.15) is 17.5 Å². The molecule has 3 N–H and O–H groups in total. The second kappa shape index (κ2) is 6.03. The summed E-state index contributed by atoms with van der Waals surface area (Å²) in [7, 11) is 1.37. The molecule has 0 aliphatic heterocycles. The molecule has 1 aromatic rings. The van der Waals surface area contributed by atoms with Crippen LogP contribution < -0.4 is 11.1 Å². The minimum absolute atomic E-state index is 0.257. The lowest BCUT2D eigenvalue weighted by molar-refractivity contribution is -0.140. The largest absolute Gasteiger partial charge is 0.469 e. The van der Waals surface area contributed by atoms with Crippen LogP contribution in [0.25, 0.3) is 0 Å². The van der Waals surface area contributed by atoms with Gasteiger partial charge >= 0.3 is 5.97 Å². The number of aromatic nitrogens is 2. The van der Waals surface area contributed by atoms with E-state index in [9.17, 15) is 4.79 Å². The summed E-state index contributed by atoms with van der Waals surface area (Å²) in [6.45, 7) is 4.27. The number of nitrogens with one attached hydrogen (secondary N) is 1. The standard InChI is InChI=1S/C11H18N4O2/c1-4-8-14-10(12)7(2)11(15-8)13-6-5-9(16)17-3/h4-6H2,1-3H3,(H3,12,13,14,15). The van der Waals surface area contributed by atoms with Crippen LogP contribution in [-0.4, -0.2) is 29.6 Å². The molecule has 0 aromatic carbocycles. The molecule has 17 heavy (non-hydrogen) atoms. The number of hydrogen-bond donors (Lipinski definition) is 2. The third-order valence-corrected chi connectivity index (χ3v) is 2.40. The predicted molar refractivity (Wildman–Crippen MR) is 65.7 cm³/mol. The fraction of sp³-hybridized carbons (Fsp3) is 0.545. The Labute approximate surface area is 101 Å². The molecular formula is C11H18N4O2. The molecule has 1 aromatic heterocycles. The maximum Gasteiger partial charge on any atom is 0.307 e. The molecule has 0 fully saturated rings. The maximum atomic E-state index is 11.0. The lowest BCUT2D eigenvalue weighted by atomic mass is 10.3. The summed E-state index contributed by atoms with van der Waals surface area (Å²) < 4.78 is 4.55. The van der Waals surface area contributed by atoms with E-state index in [-0.39, 0.29) is 5.97 Å². The van der Waals surface area contributed by atoms with Crippen molar-refractivity contribution in [2.24, 2.45) is 0 Å². The summed E-state index contributed by atoms with van der Waals surface area (Å²) in [5.74, 6) is 1.58. The van der Waals surface area contributed by atoms with Crippen molar-refractivity contribution < 1.29 is 9.53 Å². The molecule has 0 unspecified atom stereocenters. The molecule has 0 aliphatic rings. The van der Waals surface area contributed by atoms with Crippen LogP contribution in [0.4, 0.5) is 11.6 Å². The normalized spacial score (nSPS) is 10.1. The fourth-order valence-corrected chi connectivity index (χ4v) is 1.30. The van der Waals surface area contributed by atoms with Crippen LogP contribution in [0.5, 0.6) is 0 Å². The molecule has 1 rings (SSSR count). The number of nitrogen functional groups attached to an aromatic ring is 1. The highest BCUT2D eigenvalue weighted by Gasteiger charge is 2.08. The molecule has 94 valence electrons. The van der Waals surface area contributed by atoms with Crippen LogP contribution in [-0.2, 0) is 16.0 Å². The van der Waals surface area contributed by atoms with Crippen LogP contribution in [0.15, 0.2) is 0 Å². The molecule has 0 saturated heterocycles. The van der Waals surface area contributed by atoms with Crippen molar-refractivity contribution in [1.82, 2.24) is 9.97 Å². The lowest BCUT2D eigenvalue weighted by Crippen LogP contribution is -2.13. The zero-order valence-electron chi connectivity index (χ0n) is 10.4.